The SMILES string of the molecule is COc1ccc(Cn2c(=O)nc(NCc3cccnc3N)n(Cc3ccccc3OC)c2=O)cc1. The molecule has 180 valence electrons. The predicted molar refractivity (Wildman–Crippen MR) is 133 cm³/mol. The molecule has 0 amide bonds. The van der Waals surface area contributed by atoms with Crippen LogP contribution in [0, 0.1) is 0 Å². The topological polar surface area (TPSA) is 126 Å². The van der Waals surface area contributed by atoms with Crippen LogP contribution < -0.4 is 31.9 Å². The van der Waals surface area contributed by atoms with Gasteiger partial charge in [-0.2, -0.15) is 4.98 Å². The number of methoxy groups -OCH3 is 2. The van der Waals surface area contributed by atoms with Crippen molar-refractivity contribution < 1.29 is 9.47 Å². The molecule has 0 spiro atoms. The number of ether oxygens (including phenoxy) is 2. The number of pyridine rings is 1. The van der Waals surface area contributed by atoms with Gasteiger partial charge in [-0.25, -0.2) is 19.1 Å². The van der Waals surface area contributed by atoms with E-state index in [2.05, 4.69) is 15.3 Å². The molecule has 35 heavy (non-hydrogen) atoms. The van der Waals surface area contributed by atoms with Crippen molar-refractivity contribution in [2.45, 2.75) is 19.6 Å². The van der Waals surface area contributed by atoms with E-state index in [0.29, 0.717) is 22.9 Å². The molecule has 0 aliphatic heterocycles. The maximum Gasteiger partial charge on any atom is 0.355 e. The van der Waals surface area contributed by atoms with E-state index in [0.717, 1.165) is 15.7 Å². The number of benzene rings is 2. The highest BCUT2D eigenvalue weighted by Gasteiger charge is 2.16. The minimum atomic E-state index is -0.663. The Balaban J connectivity index is 1.75. The van der Waals surface area contributed by atoms with Gasteiger partial charge in [-0.1, -0.05) is 36.4 Å². The summed E-state index contributed by atoms with van der Waals surface area (Å²) in [7, 11) is 3.14. The van der Waals surface area contributed by atoms with Gasteiger partial charge in [0, 0.05) is 23.9 Å². The molecule has 2 heterocycles. The minimum Gasteiger partial charge on any atom is -0.497 e. The summed E-state index contributed by atoms with van der Waals surface area (Å²) in [5.74, 6) is 1.78. The molecule has 0 saturated carbocycles. The van der Waals surface area contributed by atoms with E-state index in [-0.39, 0.29) is 25.6 Å². The van der Waals surface area contributed by atoms with Crippen molar-refractivity contribution >= 4 is 11.8 Å². The Morgan fingerprint density at radius 2 is 1.63 bits per heavy atom. The molecule has 2 aromatic carbocycles. The molecule has 4 aromatic rings. The van der Waals surface area contributed by atoms with Crippen LogP contribution in [0.2, 0.25) is 0 Å². The molecule has 0 aliphatic rings. The van der Waals surface area contributed by atoms with Crippen LogP contribution in [0.5, 0.6) is 11.5 Å². The summed E-state index contributed by atoms with van der Waals surface area (Å²) >= 11 is 0. The van der Waals surface area contributed by atoms with Gasteiger partial charge in [0.1, 0.15) is 17.3 Å². The van der Waals surface area contributed by atoms with Crippen LogP contribution in [0.1, 0.15) is 16.7 Å². The molecule has 2 aromatic heterocycles. The molecule has 0 atom stereocenters. The van der Waals surface area contributed by atoms with Crippen molar-refractivity contribution in [2.75, 3.05) is 25.3 Å². The third-order valence-corrected chi connectivity index (χ3v) is 5.53. The van der Waals surface area contributed by atoms with E-state index < -0.39 is 11.4 Å². The van der Waals surface area contributed by atoms with E-state index in [1.807, 2.05) is 30.3 Å². The highest BCUT2D eigenvalue weighted by atomic mass is 16.5. The van der Waals surface area contributed by atoms with E-state index >= 15 is 0 Å². The summed E-state index contributed by atoms with van der Waals surface area (Å²) < 4.78 is 13.1. The Bertz CT molecular complexity index is 1430. The third kappa shape index (κ3) is 5.32. The van der Waals surface area contributed by atoms with E-state index in [4.69, 9.17) is 15.2 Å². The lowest BCUT2D eigenvalue weighted by atomic mass is 10.2. The van der Waals surface area contributed by atoms with Crippen molar-refractivity contribution in [3.8, 4) is 11.5 Å². The van der Waals surface area contributed by atoms with Crippen LogP contribution >= 0.6 is 0 Å². The molecule has 4 rings (SSSR count). The fourth-order valence-corrected chi connectivity index (χ4v) is 3.63. The van der Waals surface area contributed by atoms with Crippen LogP contribution in [0.3, 0.4) is 0 Å². The van der Waals surface area contributed by atoms with Crippen LogP contribution in [0.15, 0.2) is 76.4 Å². The Morgan fingerprint density at radius 1 is 0.886 bits per heavy atom. The summed E-state index contributed by atoms with van der Waals surface area (Å²) in [6.45, 7) is 0.444. The van der Waals surface area contributed by atoms with Crippen molar-refractivity contribution in [3.63, 3.8) is 0 Å². The number of anilines is 2. The van der Waals surface area contributed by atoms with E-state index in [1.54, 1.807) is 50.7 Å². The smallest absolute Gasteiger partial charge is 0.355 e. The largest absolute Gasteiger partial charge is 0.497 e. The number of nitrogen functional groups attached to an aromatic ring is 1. The minimum absolute atomic E-state index is 0.0659. The van der Waals surface area contributed by atoms with Crippen LogP contribution in [0.4, 0.5) is 11.8 Å². The standard InChI is InChI=1S/C25H26N6O4/c1-34-20-11-9-17(10-12-20)15-31-24(32)29-23(28-14-18-7-5-13-27-22(18)26)30(25(31)33)16-19-6-3-4-8-21(19)35-2/h3-13H,14-16H2,1-2H3,(H2,26,27)(H,28,29,32). The molecule has 3 N–H and O–H groups in total. The Kier molecular flexibility index (Phi) is 7.10. The number of nitrogens with one attached hydrogen (secondary N) is 1. The summed E-state index contributed by atoms with van der Waals surface area (Å²) in [4.78, 5) is 34.7. The van der Waals surface area contributed by atoms with E-state index in [9.17, 15) is 9.59 Å². The molecule has 0 unspecified atom stereocenters. The zero-order valence-corrected chi connectivity index (χ0v) is 19.5. The number of hydrogen-bond acceptors (Lipinski definition) is 8. The number of rotatable bonds is 9. The van der Waals surface area contributed by atoms with E-state index in [1.165, 1.54) is 4.57 Å². The molecule has 0 fully saturated rings. The molecule has 10 nitrogen and oxygen atoms in total. The second-order valence-electron chi connectivity index (χ2n) is 7.73. The van der Waals surface area contributed by atoms with Crippen molar-refractivity contribution in [2.24, 2.45) is 0 Å². The fraction of sp³-hybridized carbons (Fsp3) is 0.200. The molecular weight excluding hydrogens is 448 g/mol. The maximum atomic E-state index is 13.6. The molecular formula is C25H26N6O4. The summed E-state index contributed by atoms with van der Waals surface area (Å²) in [6, 6.07) is 18.1. The highest BCUT2D eigenvalue weighted by molar-refractivity contribution is 5.41. The Labute approximate surface area is 201 Å². The van der Waals surface area contributed by atoms with Crippen LogP contribution in [-0.4, -0.2) is 33.3 Å². The second kappa shape index (κ2) is 10.6. The monoisotopic (exact) mass is 474 g/mol. The molecule has 10 heteroatoms. The van der Waals surface area contributed by atoms with Gasteiger partial charge in [0.15, 0.2) is 0 Å². The molecule has 0 radical (unpaired) electrons. The van der Waals surface area contributed by atoms with Crippen molar-refractivity contribution in [1.29, 1.82) is 0 Å². The Hall–Kier alpha value is -4.60. The lowest BCUT2D eigenvalue weighted by molar-refractivity contribution is 0.407. The van der Waals surface area contributed by atoms with Gasteiger partial charge in [-0.3, -0.25) is 4.57 Å². The number of hydrogen-bond donors (Lipinski definition) is 2. The normalized spacial score (nSPS) is 10.7. The number of nitrogens with zero attached hydrogens (tertiary/aromatic N) is 4. The Morgan fingerprint density at radius 3 is 2.34 bits per heavy atom. The first-order valence-electron chi connectivity index (χ1n) is 10.9. The molecule has 0 saturated heterocycles. The number of para-hydroxylation sites is 1. The zero-order chi connectivity index (χ0) is 24.8. The highest BCUT2D eigenvalue weighted by Crippen LogP contribution is 2.19. The third-order valence-electron chi connectivity index (χ3n) is 5.53. The first-order valence-corrected chi connectivity index (χ1v) is 10.9. The first-order chi connectivity index (χ1) is 17.0. The lowest BCUT2D eigenvalue weighted by Gasteiger charge is -2.17. The first kappa shape index (κ1) is 23.6. The van der Waals surface area contributed by atoms with Crippen LogP contribution in [0.25, 0.3) is 0 Å². The summed E-state index contributed by atoms with van der Waals surface area (Å²) in [5.41, 5.74) is 7.01. The average molecular weight is 475 g/mol. The van der Waals surface area contributed by atoms with Gasteiger partial charge in [0.25, 0.3) is 0 Å². The van der Waals surface area contributed by atoms with Gasteiger partial charge in [-0.05, 0) is 29.8 Å². The maximum absolute atomic E-state index is 13.6. The van der Waals surface area contributed by atoms with Gasteiger partial charge >= 0.3 is 11.4 Å². The number of nitrogens with two attached hydrogens (primary N) is 1. The number of aromatic nitrogens is 4. The predicted octanol–water partition coefficient (Wildman–Crippen LogP) is 2.11. The van der Waals surface area contributed by atoms with Gasteiger partial charge in [0.2, 0.25) is 5.95 Å². The quantitative estimate of drug-likeness (QED) is 0.378. The zero-order valence-electron chi connectivity index (χ0n) is 19.5. The van der Waals surface area contributed by atoms with Crippen molar-refractivity contribution in [1.82, 2.24) is 19.1 Å². The van der Waals surface area contributed by atoms with Crippen molar-refractivity contribution in [3.05, 3.63) is 105 Å². The lowest BCUT2D eigenvalue weighted by Crippen LogP contribution is -2.43. The van der Waals surface area contributed by atoms with Crippen LogP contribution in [-0.2, 0) is 19.6 Å². The van der Waals surface area contributed by atoms with Gasteiger partial charge in [0.05, 0.1) is 27.3 Å². The fourth-order valence-electron chi connectivity index (χ4n) is 3.63. The van der Waals surface area contributed by atoms with Gasteiger partial charge in [-0.15, -0.1) is 0 Å². The summed E-state index contributed by atoms with van der Waals surface area (Å²) in [5, 5.41) is 3.08. The average Bonchev–Trinajstić information content (AvgIpc) is 2.88. The molecule has 0 bridgehead atoms. The molecule has 0 aliphatic carbocycles. The second-order valence-corrected chi connectivity index (χ2v) is 7.73. The summed E-state index contributed by atoms with van der Waals surface area (Å²) in [6.07, 6.45) is 1.59. The van der Waals surface area contributed by atoms with Gasteiger partial charge < -0.3 is 20.5 Å².